The Kier molecular flexibility index (Phi) is 18.3. The minimum atomic E-state index is -4.91. The summed E-state index contributed by atoms with van der Waals surface area (Å²) in [6.45, 7) is 0. The molecule has 0 atom stereocenters. The molecule has 20 heteroatoms. The van der Waals surface area contributed by atoms with Gasteiger partial charge in [-0.25, -0.2) is 0 Å². The number of alkyl halides is 6. The van der Waals surface area contributed by atoms with E-state index in [4.69, 9.17) is 0 Å². The van der Waals surface area contributed by atoms with Gasteiger partial charge < -0.3 is 18.3 Å². The van der Waals surface area contributed by atoms with Gasteiger partial charge in [0.1, 0.15) is 0 Å². The topological polar surface area (TPSA) is 258 Å². The Morgan fingerprint density at radius 2 is 0.477 bits per heavy atom. The zero-order chi connectivity index (χ0) is 88.3. The zero-order valence-corrected chi connectivity index (χ0v) is 66.4. The number of nitriles is 10. The summed E-state index contributed by atoms with van der Waals surface area (Å²) in [5.74, 6) is 0. The average molecular weight is 1660 g/mol. The number of hydrogen-bond acceptors (Lipinski definition) is 10. The van der Waals surface area contributed by atoms with E-state index in [1.165, 1.54) is 60.7 Å². The van der Waals surface area contributed by atoms with Crippen molar-refractivity contribution in [2.24, 2.45) is 0 Å². The van der Waals surface area contributed by atoms with Crippen LogP contribution in [0.25, 0.3) is 188 Å². The number of fused-ring (bicyclic) bond motifs is 12. The first-order valence-electron chi connectivity index (χ1n) is 39.8. The standard InChI is InChI=1S/C108H50F6N14/c109-107(110,111)92-16-6-1-11-79(92)87-49-104(125-96-20-10-5-15-83(96)90-42-65(27-35-97(90)125)76-29-21-61(51-115)37-70(76)55-119)102(47-73(87)58-122)128-98-36-28-66(77-30-22-62(52-116)38-71(77)56-120)43-91(98)86-33-25-68(45-100(86)128)89-41-64(54-118)40-75(60-124)106(89)69-26-34-85-82-14-4-9-19-95(82)127(101(85)46-69)105-50-88(80-12-2-7-17-93(80)108(112,113)114)74(59-123)48-103(105)126-94-18-8-3-13-81(94)84-32-24-67(44-99(84)126)78-31-23-63(53-117)39-72(78)57-121/h1-50H. The minimum absolute atomic E-state index is 0.0447. The molecule has 0 spiro atoms. The number of para-hydroxylation sites is 3. The van der Waals surface area contributed by atoms with Gasteiger partial charge in [-0.05, 0) is 207 Å². The maximum atomic E-state index is 15.7. The Morgan fingerprint density at radius 3 is 0.867 bits per heavy atom. The highest BCUT2D eigenvalue weighted by Crippen LogP contribution is 2.51. The van der Waals surface area contributed by atoms with E-state index in [1.807, 2.05) is 176 Å². The SMILES string of the molecule is N#Cc1ccc(-c2ccc3c(c2)c2ccccc2n3-c2cc(-c3ccccc3C(F)(F)F)c(C#N)cc2-n2c3ccc(-c4ccc(C#N)cc4C#N)cc3c3ccc(-c4cc(C#N)cc(C#N)c4-c4ccc5c6ccccc6n(-c6cc(-c7ccccc7C(F)(F)F)c(C#N)cc6-n6c7ccccc7c7ccc(-c8ccc(C#N)cc8C#N)cc76)c5c4)cc32)c(C#N)c1. The van der Waals surface area contributed by atoms with Crippen molar-refractivity contribution in [3.8, 4) is 161 Å². The normalized spacial score (nSPS) is 11.4. The van der Waals surface area contributed by atoms with Crippen molar-refractivity contribution >= 4 is 87.2 Å². The minimum Gasteiger partial charge on any atom is -0.307 e. The molecule has 0 aliphatic heterocycles. The maximum Gasteiger partial charge on any atom is 0.417 e. The molecular weight excluding hydrogens is 1610 g/mol. The number of benzene rings is 16. The second kappa shape index (κ2) is 30.1. The van der Waals surface area contributed by atoms with Crippen molar-refractivity contribution in [1.82, 2.24) is 18.3 Å². The summed E-state index contributed by atoms with van der Waals surface area (Å²) in [6.07, 6.45) is -9.81. The molecule has 0 fully saturated rings. The first-order chi connectivity index (χ1) is 62.3. The molecule has 4 heterocycles. The second-order valence-electron chi connectivity index (χ2n) is 30.8. The predicted molar refractivity (Wildman–Crippen MR) is 479 cm³/mol. The largest absolute Gasteiger partial charge is 0.417 e. The van der Waals surface area contributed by atoms with E-state index in [1.54, 1.807) is 72.8 Å². The summed E-state index contributed by atoms with van der Waals surface area (Å²) in [6, 6.07) is 107. The maximum absolute atomic E-state index is 15.7. The molecule has 0 radical (unpaired) electrons. The van der Waals surface area contributed by atoms with Gasteiger partial charge in [-0.15, -0.1) is 0 Å². The van der Waals surface area contributed by atoms with Gasteiger partial charge in [-0.3, -0.25) is 0 Å². The smallest absolute Gasteiger partial charge is 0.307 e. The summed E-state index contributed by atoms with van der Waals surface area (Å²) >= 11 is 0. The van der Waals surface area contributed by atoms with Crippen LogP contribution in [0.3, 0.4) is 0 Å². The van der Waals surface area contributed by atoms with Crippen molar-refractivity contribution in [2.45, 2.75) is 12.4 Å². The number of rotatable bonds is 11. The fraction of sp³-hybridized carbons (Fsp3) is 0.0185. The van der Waals surface area contributed by atoms with Crippen LogP contribution in [-0.2, 0) is 12.4 Å². The van der Waals surface area contributed by atoms with Crippen molar-refractivity contribution in [3.63, 3.8) is 0 Å². The lowest BCUT2D eigenvalue weighted by atomic mass is 9.88. The van der Waals surface area contributed by atoms with Crippen LogP contribution in [0.4, 0.5) is 26.3 Å². The predicted octanol–water partition coefficient (Wildman–Crippen LogP) is 26.5. The van der Waals surface area contributed by atoms with Gasteiger partial charge >= 0.3 is 12.4 Å². The van der Waals surface area contributed by atoms with E-state index >= 15 is 26.3 Å². The van der Waals surface area contributed by atoms with Crippen LogP contribution in [0.1, 0.15) is 66.8 Å². The molecule has 0 saturated carbocycles. The molecule has 0 aliphatic rings. The van der Waals surface area contributed by atoms with Crippen molar-refractivity contribution in [3.05, 3.63) is 370 Å². The molecule has 128 heavy (non-hydrogen) atoms. The monoisotopic (exact) mass is 1660 g/mol. The van der Waals surface area contributed by atoms with Gasteiger partial charge in [-0.2, -0.15) is 79.0 Å². The molecule has 594 valence electrons. The number of halogens is 6. The lowest BCUT2D eigenvalue weighted by Crippen LogP contribution is -2.09. The summed E-state index contributed by atoms with van der Waals surface area (Å²) in [7, 11) is 0. The third kappa shape index (κ3) is 12.4. The first kappa shape index (κ1) is 77.8. The molecule has 0 saturated heterocycles. The highest BCUT2D eigenvalue weighted by Gasteiger charge is 2.37. The van der Waals surface area contributed by atoms with E-state index in [0.717, 1.165) is 22.9 Å². The Labute approximate surface area is 723 Å². The lowest BCUT2D eigenvalue weighted by molar-refractivity contribution is -0.137. The molecule has 16 aromatic carbocycles. The molecule has 0 bridgehead atoms. The van der Waals surface area contributed by atoms with Crippen LogP contribution in [0.2, 0.25) is 0 Å². The highest BCUT2D eigenvalue weighted by molar-refractivity contribution is 6.17. The van der Waals surface area contributed by atoms with Crippen LogP contribution < -0.4 is 0 Å². The van der Waals surface area contributed by atoms with E-state index in [2.05, 4.69) is 60.7 Å². The fourth-order valence-electron chi connectivity index (χ4n) is 18.4. The molecule has 4 aromatic heterocycles. The third-order valence-corrected chi connectivity index (χ3v) is 24.0. The molecule has 0 amide bonds. The van der Waals surface area contributed by atoms with E-state index in [9.17, 15) is 52.6 Å². The lowest BCUT2D eigenvalue weighted by Gasteiger charge is -2.21. The summed E-state index contributed by atoms with van der Waals surface area (Å²) in [5.41, 5.74) is 8.93. The third-order valence-electron chi connectivity index (χ3n) is 24.0. The molecule has 0 unspecified atom stereocenters. The van der Waals surface area contributed by atoms with Gasteiger partial charge in [-0.1, -0.05) is 158 Å². The Hall–Kier alpha value is -18.8. The van der Waals surface area contributed by atoms with E-state index in [-0.39, 0.29) is 89.3 Å². The van der Waals surface area contributed by atoms with Gasteiger partial charge in [0, 0.05) is 59.8 Å². The van der Waals surface area contributed by atoms with Gasteiger partial charge in [0.25, 0.3) is 0 Å². The summed E-state index contributed by atoms with van der Waals surface area (Å²) in [4.78, 5) is 0. The average Bonchev–Trinajstić information content (AvgIpc) is 1.55. The second-order valence-corrected chi connectivity index (χ2v) is 30.8. The fourth-order valence-corrected chi connectivity index (χ4v) is 18.4. The summed E-state index contributed by atoms with van der Waals surface area (Å²) in [5, 5.41) is 113. The van der Waals surface area contributed by atoms with Gasteiger partial charge in [0.2, 0.25) is 0 Å². The number of nitrogens with zero attached hydrogens (tertiary/aromatic N) is 14. The van der Waals surface area contributed by atoms with Crippen molar-refractivity contribution in [2.75, 3.05) is 0 Å². The molecule has 0 N–H and O–H groups in total. The molecule has 20 rings (SSSR count). The molecule has 0 aliphatic carbocycles. The van der Waals surface area contributed by atoms with Gasteiger partial charge in [0.05, 0.1) is 194 Å². The quantitative estimate of drug-likeness (QED) is 0.111. The van der Waals surface area contributed by atoms with Crippen molar-refractivity contribution < 1.29 is 26.3 Å². The Bertz CT molecular complexity index is 8840. The van der Waals surface area contributed by atoms with Crippen LogP contribution in [-0.4, -0.2) is 18.3 Å². The molecular formula is C108H50F6N14. The zero-order valence-electron chi connectivity index (χ0n) is 66.4. The number of aromatic nitrogens is 4. The van der Waals surface area contributed by atoms with Crippen LogP contribution in [0.5, 0.6) is 0 Å². The number of hydrogen-bond donors (Lipinski definition) is 0. The highest BCUT2D eigenvalue weighted by atomic mass is 19.4. The molecule has 20 aromatic rings. The van der Waals surface area contributed by atoms with E-state index < -0.39 is 23.5 Å². The Balaban J connectivity index is 0.872. The van der Waals surface area contributed by atoms with Crippen molar-refractivity contribution in [1.29, 1.82) is 52.6 Å². The van der Waals surface area contributed by atoms with Crippen LogP contribution in [0.15, 0.2) is 303 Å². The summed E-state index contributed by atoms with van der Waals surface area (Å²) < 4.78 is 102. The van der Waals surface area contributed by atoms with Crippen LogP contribution >= 0.6 is 0 Å². The first-order valence-corrected chi connectivity index (χ1v) is 39.8. The van der Waals surface area contributed by atoms with E-state index in [0.29, 0.717) is 143 Å². The van der Waals surface area contributed by atoms with Crippen LogP contribution in [0, 0.1) is 113 Å². The molecule has 14 nitrogen and oxygen atoms in total. The Morgan fingerprint density at radius 1 is 0.188 bits per heavy atom. The van der Waals surface area contributed by atoms with Gasteiger partial charge in [0.15, 0.2) is 0 Å².